The van der Waals surface area contributed by atoms with Gasteiger partial charge in [0.05, 0.1) is 12.7 Å². The molecule has 0 heterocycles. The summed E-state index contributed by atoms with van der Waals surface area (Å²) in [4.78, 5) is 0. The highest BCUT2D eigenvalue weighted by Gasteiger charge is 2.07. The lowest BCUT2D eigenvalue weighted by Gasteiger charge is -2.09. The van der Waals surface area contributed by atoms with Crippen molar-refractivity contribution in [3.05, 3.63) is 65.7 Å². The van der Waals surface area contributed by atoms with E-state index in [0.717, 1.165) is 17.7 Å². The number of nitrogens with two attached hydrogens (primary N) is 1. The van der Waals surface area contributed by atoms with Crippen LogP contribution < -0.4 is 10.5 Å². The fourth-order valence-corrected chi connectivity index (χ4v) is 2.09. The third-order valence-corrected chi connectivity index (χ3v) is 3.15. The van der Waals surface area contributed by atoms with E-state index in [9.17, 15) is 0 Å². The van der Waals surface area contributed by atoms with Gasteiger partial charge in [0.1, 0.15) is 5.75 Å². The van der Waals surface area contributed by atoms with E-state index in [4.69, 9.17) is 10.5 Å². The highest BCUT2D eigenvalue weighted by molar-refractivity contribution is 5.47. The van der Waals surface area contributed by atoms with Crippen molar-refractivity contribution in [3.8, 4) is 17.6 Å². The summed E-state index contributed by atoms with van der Waals surface area (Å²) < 4.78 is 5.32. The Bertz CT molecular complexity index is 596. The summed E-state index contributed by atoms with van der Waals surface area (Å²) in [6.45, 7) is 0.625. The summed E-state index contributed by atoms with van der Waals surface area (Å²) in [6, 6.07) is 18.1. The van der Waals surface area contributed by atoms with Gasteiger partial charge in [-0.1, -0.05) is 54.3 Å². The Morgan fingerprint density at radius 1 is 1.05 bits per heavy atom. The maximum absolute atomic E-state index is 5.70. The van der Waals surface area contributed by atoms with Crippen molar-refractivity contribution in [3.63, 3.8) is 0 Å². The Morgan fingerprint density at radius 3 is 2.45 bits per heavy atom. The third-order valence-electron chi connectivity index (χ3n) is 3.15. The van der Waals surface area contributed by atoms with E-state index >= 15 is 0 Å². The molecule has 0 fully saturated rings. The molecule has 2 N–H and O–H groups in total. The maximum atomic E-state index is 5.70. The molecule has 2 aromatic rings. The van der Waals surface area contributed by atoms with Gasteiger partial charge in [0.25, 0.3) is 0 Å². The molecular weight excluding hydrogens is 246 g/mol. The SMILES string of the molecule is COc1ccccc1C#CC(CCN)c1ccccc1. The summed E-state index contributed by atoms with van der Waals surface area (Å²) in [5.41, 5.74) is 7.82. The van der Waals surface area contributed by atoms with Gasteiger partial charge < -0.3 is 10.5 Å². The Balaban J connectivity index is 2.27. The minimum atomic E-state index is 0.158. The number of hydrogen-bond donors (Lipinski definition) is 1. The van der Waals surface area contributed by atoms with Crippen molar-refractivity contribution >= 4 is 0 Å². The van der Waals surface area contributed by atoms with Gasteiger partial charge in [-0.25, -0.2) is 0 Å². The first kappa shape index (κ1) is 14.2. The summed E-state index contributed by atoms with van der Waals surface area (Å²) in [5.74, 6) is 7.50. The second-order valence-electron chi connectivity index (χ2n) is 4.51. The van der Waals surface area contributed by atoms with Crippen LogP contribution in [0.4, 0.5) is 0 Å². The minimum absolute atomic E-state index is 0.158. The van der Waals surface area contributed by atoms with Crippen LogP contribution in [-0.2, 0) is 0 Å². The van der Waals surface area contributed by atoms with E-state index in [1.807, 2.05) is 42.5 Å². The number of rotatable bonds is 4. The fourth-order valence-electron chi connectivity index (χ4n) is 2.09. The molecule has 0 aromatic heterocycles. The first-order chi connectivity index (χ1) is 9.85. The standard InChI is InChI=1S/C18H19NO/c1-20-18-10-6-5-9-17(18)12-11-16(13-14-19)15-7-3-2-4-8-15/h2-10,16H,13-14,19H2,1H3. The number of hydrogen-bond acceptors (Lipinski definition) is 2. The van der Waals surface area contributed by atoms with Gasteiger partial charge in [0.2, 0.25) is 0 Å². The average Bonchev–Trinajstić information content (AvgIpc) is 2.52. The Kier molecular flexibility index (Phi) is 5.23. The summed E-state index contributed by atoms with van der Waals surface area (Å²) in [6.07, 6.45) is 0.853. The van der Waals surface area contributed by atoms with E-state index in [1.165, 1.54) is 5.56 Å². The topological polar surface area (TPSA) is 35.2 Å². The van der Waals surface area contributed by atoms with Crippen molar-refractivity contribution in [2.45, 2.75) is 12.3 Å². The molecule has 2 rings (SSSR count). The van der Waals surface area contributed by atoms with Crippen molar-refractivity contribution in [2.24, 2.45) is 5.73 Å². The number of methoxy groups -OCH3 is 1. The molecule has 102 valence electrons. The highest BCUT2D eigenvalue weighted by Crippen LogP contribution is 2.20. The normalized spacial score (nSPS) is 11.3. The summed E-state index contributed by atoms with van der Waals surface area (Å²) >= 11 is 0. The predicted octanol–water partition coefficient (Wildman–Crippen LogP) is 3.18. The Morgan fingerprint density at radius 2 is 1.75 bits per heavy atom. The average molecular weight is 265 g/mol. The van der Waals surface area contributed by atoms with Crippen LogP contribution >= 0.6 is 0 Å². The molecule has 2 aromatic carbocycles. The molecule has 0 spiro atoms. The second kappa shape index (κ2) is 7.37. The lowest BCUT2D eigenvalue weighted by molar-refractivity contribution is 0.413. The fraction of sp³-hybridized carbons (Fsp3) is 0.222. The number of para-hydroxylation sites is 1. The molecule has 0 radical (unpaired) electrons. The molecule has 0 bridgehead atoms. The van der Waals surface area contributed by atoms with Crippen LogP contribution in [-0.4, -0.2) is 13.7 Å². The van der Waals surface area contributed by atoms with Gasteiger partial charge in [-0.15, -0.1) is 0 Å². The monoisotopic (exact) mass is 265 g/mol. The molecule has 0 aliphatic heterocycles. The number of ether oxygens (including phenoxy) is 1. The molecule has 2 heteroatoms. The zero-order valence-corrected chi connectivity index (χ0v) is 11.7. The Hall–Kier alpha value is -2.24. The van der Waals surface area contributed by atoms with Crippen molar-refractivity contribution in [2.75, 3.05) is 13.7 Å². The summed E-state index contributed by atoms with van der Waals surface area (Å²) in [7, 11) is 1.66. The quantitative estimate of drug-likeness (QED) is 0.862. The first-order valence-corrected chi connectivity index (χ1v) is 6.74. The van der Waals surface area contributed by atoms with E-state index in [1.54, 1.807) is 7.11 Å². The molecule has 0 amide bonds. The Labute approximate surface area is 120 Å². The van der Waals surface area contributed by atoms with E-state index in [-0.39, 0.29) is 5.92 Å². The smallest absolute Gasteiger partial charge is 0.134 e. The van der Waals surface area contributed by atoms with E-state index in [0.29, 0.717) is 6.54 Å². The van der Waals surface area contributed by atoms with Gasteiger partial charge in [-0.2, -0.15) is 0 Å². The molecule has 0 saturated heterocycles. The largest absolute Gasteiger partial charge is 0.495 e. The third kappa shape index (κ3) is 3.63. The van der Waals surface area contributed by atoms with Crippen LogP contribution in [0, 0.1) is 11.8 Å². The first-order valence-electron chi connectivity index (χ1n) is 6.74. The predicted molar refractivity (Wildman–Crippen MR) is 82.7 cm³/mol. The summed E-state index contributed by atoms with van der Waals surface area (Å²) in [5, 5.41) is 0. The van der Waals surface area contributed by atoms with Crippen LogP contribution in [0.2, 0.25) is 0 Å². The van der Waals surface area contributed by atoms with E-state index in [2.05, 4.69) is 24.0 Å². The zero-order valence-electron chi connectivity index (χ0n) is 11.7. The highest BCUT2D eigenvalue weighted by atomic mass is 16.5. The van der Waals surface area contributed by atoms with Crippen molar-refractivity contribution in [1.82, 2.24) is 0 Å². The second-order valence-corrected chi connectivity index (χ2v) is 4.51. The molecule has 1 unspecified atom stereocenters. The number of benzene rings is 2. The molecule has 0 saturated carbocycles. The van der Waals surface area contributed by atoms with Crippen LogP contribution in [0.15, 0.2) is 54.6 Å². The van der Waals surface area contributed by atoms with Crippen molar-refractivity contribution in [1.29, 1.82) is 0 Å². The van der Waals surface area contributed by atoms with Crippen LogP contribution in [0.1, 0.15) is 23.5 Å². The van der Waals surface area contributed by atoms with Gasteiger partial charge in [0.15, 0.2) is 0 Å². The van der Waals surface area contributed by atoms with Crippen LogP contribution in [0.5, 0.6) is 5.75 Å². The van der Waals surface area contributed by atoms with Crippen molar-refractivity contribution < 1.29 is 4.74 Å². The van der Waals surface area contributed by atoms with Gasteiger partial charge in [0, 0.05) is 5.92 Å². The van der Waals surface area contributed by atoms with Gasteiger partial charge in [-0.05, 0) is 30.7 Å². The van der Waals surface area contributed by atoms with E-state index < -0.39 is 0 Å². The van der Waals surface area contributed by atoms with Gasteiger partial charge >= 0.3 is 0 Å². The molecule has 1 atom stereocenters. The molecule has 2 nitrogen and oxygen atoms in total. The minimum Gasteiger partial charge on any atom is -0.495 e. The van der Waals surface area contributed by atoms with Crippen LogP contribution in [0.3, 0.4) is 0 Å². The zero-order chi connectivity index (χ0) is 14.2. The molecule has 0 aliphatic rings. The molecule has 0 aliphatic carbocycles. The van der Waals surface area contributed by atoms with Crippen LogP contribution in [0.25, 0.3) is 0 Å². The lowest BCUT2D eigenvalue weighted by Crippen LogP contribution is -2.06. The molecular formula is C18H19NO. The van der Waals surface area contributed by atoms with Gasteiger partial charge in [-0.3, -0.25) is 0 Å². The lowest BCUT2D eigenvalue weighted by atomic mass is 9.96. The maximum Gasteiger partial charge on any atom is 0.134 e. The molecule has 20 heavy (non-hydrogen) atoms.